The van der Waals surface area contributed by atoms with Crippen molar-refractivity contribution < 1.29 is 8.78 Å². The van der Waals surface area contributed by atoms with Crippen molar-refractivity contribution in [1.82, 2.24) is 9.78 Å². The molecule has 1 aromatic rings. The molecule has 0 N–H and O–H groups in total. The Balaban J connectivity index is 2.73. The fourth-order valence-electron chi connectivity index (χ4n) is 1.63. The van der Waals surface area contributed by atoms with Crippen molar-refractivity contribution in [3.8, 4) is 0 Å². The molecule has 0 spiro atoms. The molecule has 0 aliphatic carbocycles. The summed E-state index contributed by atoms with van der Waals surface area (Å²) in [6.07, 6.45) is 6.08. The zero-order chi connectivity index (χ0) is 10.6. The smallest absolute Gasteiger partial charge is 0.211 e. The maximum atomic E-state index is 12.2. The second-order valence-corrected chi connectivity index (χ2v) is 3.43. The molecule has 2 nitrogen and oxygen atoms in total. The summed E-state index contributed by atoms with van der Waals surface area (Å²) in [4.78, 5) is 0. The van der Waals surface area contributed by atoms with Gasteiger partial charge in [-0.2, -0.15) is 13.9 Å². The van der Waals surface area contributed by atoms with Crippen LogP contribution >= 0.6 is 0 Å². The Hall–Kier alpha value is -0.930. The molecule has 0 amide bonds. The molecule has 1 unspecified atom stereocenters. The van der Waals surface area contributed by atoms with Crippen LogP contribution in [0.3, 0.4) is 0 Å². The molecule has 0 radical (unpaired) electrons. The summed E-state index contributed by atoms with van der Waals surface area (Å²) in [5.41, 5.74) is 0.926. The summed E-state index contributed by atoms with van der Waals surface area (Å²) in [6.45, 7) is 1.64. The largest absolute Gasteiger partial charge is 0.333 e. The minimum atomic E-state index is -2.53. The first-order valence-corrected chi connectivity index (χ1v) is 5.01. The van der Waals surface area contributed by atoms with Crippen molar-refractivity contribution in [3.05, 3.63) is 18.0 Å². The molecule has 0 aliphatic rings. The first-order chi connectivity index (χ1) is 6.69. The van der Waals surface area contributed by atoms with E-state index < -0.39 is 6.55 Å². The molecule has 0 aliphatic heterocycles. The van der Waals surface area contributed by atoms with E-state index in [-0.39, 0.29) is 0 Å². The van der Waals surface area contributed by atoms with Crippen molar-refractivity contribution in [1.29, 1.82) is 0 Å². The Morgan fingerprint density at radius 1 is 1.43 bits per heavy atom. The minimum absolute atomic E-state index is 0.368. The van der Waals surface area contributed by atoms with Crippen LogP contribution in [-0.4, -0.2) is 9.78 Å². The Morgan fingerprint density at radius 3 is 2.57 bits per heavy atom. The summed E-state index contributed by atoms with van der Waals surface area (Å²) in [7, 11) is 0. The Labute approximate surface area is 82.9 Å². The van der Waals surface area contributed by atoms with Crippen LogP contribution in [0.15, 0.2) is 12.4 Å². The number of hydrogen-bond donors (Lipinski definition) is 0. The van der Waals surface area contributed by atoms with Crippen LogP contribution in [-0.2, 0) is 0 Å². The lowest BCUT2D eigenvalue weighted by Crippen LogP contribution is -1.98. The zero-order valence-electron chi connectivity index (χ0n) is 8.58. The third-order valence-corrected chi connectivity index (χ3v) is 2.42. The number of nitrogens with zero attached hydrogens (tertiary/aromatic N) is 2. The predicted molar refractivity (Wildman–Crippen MR) is 51.4 cm³/mol. The minimum Gasteiger partial charge on any atom is -0.211 e. The fraction of sp³-hybridized carbons (Fsp3) is 0.700. The van der Waals surface area contributed by atoms with Gasteiger partial charge in [-0.3, -0.25) is 0 Å². The second-order valence-electron chi connectivity index (χ2n) is 3.43. The SMILES string of the molecule is CCCC(CC)c1cnn(C(F)F)c1. The quantitative estimate of drug-likeness (QED) is 0.713. The van der Waals surface area contributed by atoms with E-state index in [1.165, 1.54) is 6.20 Å². The molecule has 14 heavy (non-hydrogen) atoms. The van der Waals surface area contributed by atoms with Crippen molar-refractivity contribution in [2.24, 2.45) is 0 Å². The van der Waals surface area contributed by atoms with Gasteiger partial charge in [-0.15, -0.1) is 0 Å². The number of halogens is 2. The highest BCUT2D eigenvalue weighted by molar-refractivity contribution is 5.10. The third kappa shape index (κ3) is 2.53. The highest BCUT2D eigenvalue weighted by Gasteiger charge is 2.13. The lowest BCUT2D eigenvalue weighted by molar-refractivity contribution is 0.0565. The highest BCUT2D eigenvalue weighted by atomic mass is 19.3. The van der Waals surface area contributed by atoms with E-state index in [0.29, 0.717) is 10.6 Å². The molecule has 1 atom stereocenters. The number of aromatic nitrogens is 2. The monoisotopic (exact) mass is 202 g/mol. The molecule has 0 saturated heterocycles. The van der Waals surface area contributed by atoms with Crippen LogP contribution in [0.25, 0.3) is 0 Å². The van der Waals surface area contributed by atoms with Gasteiger partial charge in [-0.25, -0.2) is 4.68 Å². The molecule has 1 heterocycles. The van der Waals surface area contributed by atoms with Crippen LogP contribution in [0.1, 0.15) is 51.1 Å². The van der Waals surface area contributed by atoms with Crippen LogP contribution < -0.4 is 0 Å². The number of alkyl halides is 2. The maximum absolute atomic E-state index is 12.2. The average Bonchev–Trinajstić information content (AvgIpc) is 2.63. The van der Waals surface area contributed by atoms with E-state index in [0.717, 1.165) is 24.8 Å². The van der Waals surface area contributed by atoms with Gasteiger partial charge >= 0.3 is 6.55 Å². The van der Waals surface area contributed by atoms with Crippen LogP contribution in [0.4, 0.5) is 8.78 Å². The summed E-state index contributed by atoms with van der Waals surface area (Å²) in [5.74, 6) is 0.368. The van der Waals surface area contributed by atoms with Gasteiger partial charge in [0.1, 0.15) is 0 Å². The van der Waals surface area contributed by atoms with E-state index in [1.54, 1.807) is 6.20 Å². The summed E-state index contributed by atoms with van der Waals surface area (Å²) >= 11 is 0. The molecular formula is C10H16F2N2. The third-order valence-electron chi connectivity index (χ3n) is 2.42. The summed E-state index contributed by atoms with van der Waals surface area (Å²) in [5, 5.41) is 3.63. The maximum Gasteiger partial charge on any atom is 0.333 e. The lowest BCUT2D eigenvalue weighted by Gasteiger charge is -2.10. The molecule has 4 heteroatoms. The van der Waals surface area contributed by atoms with Crippen molar-refractivity contribution in [2.75, 3.05) is 0 Å². The topological polar surface area (TPSA) is 17.8 Å². The molecule has 1 aromatic heterocycles. The number of rotatable bonds is 5. The van der Waals surface area contributed by atoms with E-state index in [1.807, 2.05) is 0 Å². The molecule has 80 valence electrons. The van der Waals surface area contributed by atoms with E-state index in [2.05, 4.69) is 18.9 Å². The van der Waals surface area contributed by atoms with Crippen LogP contribution in [0, 0.1) is 0 Å². The standard InChI is InChI=1S/C10H16F2N2/c1-3-5-8(4-2)9-6-13-14(7-9)10(11)12/h6-8,10H,3-5H2,1-2H3. The Bertz CT molecular complexity index is 271. The van der Waals surface area contributed by atoms with Gasteiger partial charge in [0.25, 0.3) is 0 Å². The summed E-state index contributed by atoms with van der Waals surface area (Å²) < 4.78 is 25.2. The van der Waals surface area contributed by atoms with Crippen molar-refractivity contribution in [2.45, 2.75) is 45.6 Å². The lowest BCUT2D eigenvalue weighted by atomic mass is 9.95. The summed E-state index contributed by atoms with van der Waals surface area (Å²) in [6, 6.07) is 0. The molecular weight excluding hydrogens is 186 g/mol. The molecule has 0 bridgehead atoms. The van der Waals surface area contributed by atoms with Gasteiger partial charge in [0.15, 0.2) is 0 Å². The van der Waals surface area contributed by atoms with Crippen LogP contribution in [0.2, 0.25) is 0 Å². The van der Waals surface area contributed by atoms with E-state index in [9.17, 15) is 8.78 Å². The second kappa shape index (κ2) is 5.08. The molecule has 1 rings (SSSR count). The van der Waals surface area contributed by atoms with Gasteiger partial charge in [-0.1, -0.05) is 20.3 Å². The van der Waals surface area contributed by atoms with Gasteiger partial charge in [0.05, 0.1) is 6.20 Å². The van der Waals surface area contributed by atoms with Gasteiger partial charge in [0, 0.05) is 6.20 Å². The fourth-order valence-corrected chi connectivity index (χ4v) is 1.63. The predicted octanol–water partition coefficient (Wildman–Crippen LogP) is 3.57. The van der Waals surface area contributed by atoms with Crippen LogP contribution in [0.5, 0.6) is 0 Å². The van der Waals surface area contributed by atoms with Gasteiger partial charge in [-0.05, 0) is 24.3 Å². The van der Waals surface area contributed by atoms with Gasteiger partial charge in [0.2, 0.25) is 0 Å². The zero-order valence-corrected chi connectivity index (χ0v) is 8.58. The molecule has 0 saturated carbocycles. The Kier molecular flexibility index (Phi) is 4.04. The normalized spacial score (nSPS) is 13.5. The number of hydrogen-bond acceptors (Lipinski definition) is 1. The van der Waals surface area contributed by atoms with Crippen molar-refractivity contribution >= 4 is 0 Å². The molecule has 0 aromatic carbocycles. The first-order valence-electron chi connectivity index (χ1n) is 5.01. The van der Waals surface area contributed by atoms with Gasteiger partial charge < -0.3 is 0 Å². The first kappa shape index (κ1) is 11.1. The van der Waals surface area contributed by atoms with E-state index >= 15 is 0 Å². The molecule has 0 fully saturated rings. The Morgan fingerprint density at radius 2 is 2.14 bits per heavy atom. The van der Waals surface area contributed by atoms with Crippen molar-refractivity contribution in [3.63, 3.8) is 0 Å². The van der Waals surface area contributed by atoms with E-state index in [4.69, 9.17) is 0 Å². The highest BCUT2D eigenvalue weighted by Crippen LogP contribution is 2.25. The average molecular weight is 202 g/mol.